The molecule has 1 aromatic heterocycles. The van der Waals surface area contributed by atoms with E-state index < -0.39 is 0 Å². The number of halogens is 1. The molecule has 0 saturated carbocycles. The van der Waals surface area contributed by atoms with Crippen LogP contribution in [-0.4, -0.2) is 16.2 Å². The number of hydrogen-bond donors (Lipinski definition) is 0. The molecule has 2 rings (SSSR count). The molecule has 3 nitrogen and oxygen atoms in total. The summed E-state index contributed by atoms with van der Waals surface area (Å²) in [6.45, 7) is 5.68. The molecule has 0 fully saturated rings. The molecule has 0 N–H and O–H groups in total. The number of ether oxygens (including phenoxy) is 1. The zero-order valence-corrected chi connectivity index (χ0v) is 12.2. The van der Waals surface area contributed by atoms with Crippen molar-refractivity contribution in [2.45, 2.75) is 33.2 Å². The van der Waals surface area contributed by atoms with Crippen LogP contribution in [0.5, 0.6) is 5.75 Å². The van der Waals surface area contributed by atoms with E-state index in [-0.39, 0.29) is 0 Å². The Kier molecular flexibility index (Phi) is 4.86. The van der Waals surface area contributed by atoms with Crippen LogP contribution in [0.1, 0.15) is 24.0 Å². The summed E-state index contributed by atoms with van der Waals surface area (Å²) in [6.07, 6.45) is 7.68. The van der Waals surface area contributed by atoms with Crippen molar-refractivity contribution in [2.24, 2.45) is 0 Å². The molecule has 2 aromatic rings. The van der Waals surface area contributed by atoms with Crippen molar-refractivity contribution in [3.63, 3.8) is 0 Å². The van der Waals surface area contributed by atoms with Gasteiger partial charge in [-0.25, -0.2) is 4.98 Å². The van der Waals surface area contributed by atoms with Crippen LogP contribution in [-0.2, 0) is 6.54 Å². The number of rotatable bonds is 6. The SMILES string of the molecule is Cc1ccc(C)c(OCCCCn2ccnc2)c1Cl. The third-order valence-corrected chi connectivity index (χ3v) is 3.57. The normalized spacial score (nSPS) is 10.7. The van der Waals surface area contributed by atoms with Crippen molar-refractivity contribution in [3.8, 4) is 5.75 Å². The number of aromatic nitrogens is 2. The zero-order chi connectivity index (χ0) is 13.7. The first-order chi connectivity index (χ1) is 9.18. The Morgan fingerprint density at radius 1 is 1.21 bits per heavy atom. The number of nitrogens with zero attached hydrogens (tertiary/aromatic N) is 2. The fourth-order valence-corrected chi connectivity index (χ4v) is 2.18. The minimum atomic E-state index is 0.693. The van der Waals surface area contributed by atoms with Crippen molar-refractivity contribution in [1.82, 2.24) is 9.55 Å². The molecule has 1 aromatic carbocycles. The molecule has 0 radical (unpaired) electrons. The fraction of sp³-hybridized carbons (Fsp3) is 0.400. The predicted octanol–water partition coefficient (Wildman–Crippen LogP) is 4.01. The molecule has 102 valence electrons. The first-order valence-corrected chi connectivity index (χ1v) is 6.90. The van der Waals surface area contributed by atoms with Gasteiger partial charge in [0, 0.05) is 18.9 Å². The third kappa shape index (κ3) is 3.74. The monoisotopic (exact) mass is 278 g/mol. The van der Waals surface area contributed by atoms with Gasteiger partial charge in [0.2, 0.25) is 0 Å². The molecule has 0 spiro atoms. The standard InChI is InChI=1S/C15H19ClN2O/c1-12-5-6-13(2)15(14(12)16)19-10-4-3-8-18-9-7-17-11-18/h5-7,9,11H,3-4,8,10H2,1-2H3. The lowest BCUT2D eigenvalue weighted by molar-refractivity contribution is 0.301. The van der Waals surface area contributed by atoms with Gasteiger partial charge in [-0.2, -0.15) is 0 Å². The van der Waals surface area contributed by atoms with Gasteiger partial charge in [-0.15, -0.1) is 0 Å². The van der Waals surface area contributed by atoms with Gasteiger partial charge >= 0.3 is 0 Å². The summed E-state index contributed by atoms with van der Waals surface area (Å²) in [6, 6.07) is 4.06. The van der Waals surface area contributed by atoms with E-state index in [1.54, 1.807) is 6.20 Å². The molecule has 4 heteroatoms. The van der Waals surface area contributed by atoms with Gasteiger partial charge in [-0.05, 0) is 37.8 Å². The topological polar surface area (TPSA) is 27.1 Å². The number of hydrogen-bond acceptors (Lipinski definition) is 2. The number of benzene rings is 1. The number of imidazole rings is 1. The van der Waals surface area contributed by atoms with Gasteiger partial charge in [0.15, 0.2) is 0 Å². The quantitative estimate of drug-likeness (QED) is 0.747. The smallest absolute Gasteiger partial charge is 0.141 e. The van der Waals surface area contributed by atoms with Crippen LogP contribution in [0.2, 0.25) is 5.02 Å². The van der Waals surface area contributed by atoms with E-state index in [4.69, 9.17) is 16.3 Å². The van der Waals surface area contributed by atoms with Crippen molar-refractivity contribution in [2.75, 3.05) is 6.61 Å². The summed E-state index contributed by atoms with van der Waals surface area (Å²) in [7, 11) is 0. The zero-order valence-electron chi connectivity index (χ0n) is 11.4. The van der Waals surface area contributed by atoms with E-state index in [2.05, 4.69) is 9.55 Å². The van der Waals surface area contributed by atoms with Gasteiger partial charge in [0.05, 0.1) is 18.0 Å². The predicted molar refractivity (Wildman–Crippen MR) is 77.9 cm³/mol. The van der Waals surface area contributed by atoms with Crippen molar-refractivity contribution in [1.29, 1.82) is 0 Å². The first-order valence-electron chi connectivity index (χ1n) is 6.52. The third-order valence-electron chi connectivity index (χ3n) is 3.10. The highest BCUT2D eigenvalue weighted by molar-refractivity contribution is 6.32. The van der Waals surface area contributed by atoms with Crippen LogP contribution in [0.4, 0.5) is 0 Å². The van der Waals surface area contributed by atoms with Crippen molar-refractivity contribution in [3.05, 3.63) is 47.0 Å². The van der Waals surface area contributed by atoms with Crippen LogP contribution < -0.4 is 4.74 Å². The number of aryl methyl sites for hydroxylation is 3. The minimum Gasteiger partial charge on any atom is -0.492 e. The number of unbranched alkanes of at least 4 members (excludes halogenated alkanes) is 1. The Bertz CT molecular complexity index is 523. The van der Waals surface area contributed by atoms with E-state index >= 15 is 0 Å². The molecule has 0 amide bonds. The maximum Gasteiger partial charge on any atom is 0.141 e. The van der Waals surface area contributed by atoms with E-state index in [9.17, 15) is 0 Å². The minimum absolute atomic E-state index is 0.693. The summed E-state index contributed by atoms with van der Waals surface area (Å²) < 4.78 is 7.89. The van der Waals surface area contributed by atoms with Gasteiger partial charge in [0.25, 0.3) is 0 Å². The first kappa shape index (κ1) is 13.9. The van der Waals surface area contributed by atoms with E-state index in [0.717, 1.165) is 41.3 Å². The highest BCUT2D eigenvalue weighted by atomic mass is 35.5. The van der Waals surface area contributed by atoms with E-state index in [1.165, 1.54) is 0 Å². The molecule has 1 heterocycles. The summed E-state index contributed by atoms with van der Waals surface area (Å²) in [5.41, 5.74) is 2.14. The maximum atomic E-state index is 6.26. The van der Waals surface area contributed by atoms with Gasteiger partial charge in [-0.1, -0.05) is 23.7 Å². The van der Waals surface area contributed by atoms with Crippen LogP contribution in [0.25, 0.3) is 0 Å². The molecule has 0 aliphatic carbocycles. The van der Waals surface area contributed by atoms with Crippen LogP contribution in [0, 0.1) is 13.8 Å². The molecule has 0 unspecified atom stereocenters. The fourth-order valence-electron chi connectivity index (χ4n) is 1.92. The summed E-state index contributed by atoms with van der Waals surface area (Å²) in [5, 5.41) is 0.731. The Balaban J connectivity index is 1.78. The molecule has 0 atom stereocenters. The lowest BCUT2D eigenvalue weighted by atomic mass is 10.1. The molecule has 0 aliphatic heterocycles. The lowest BCUT2D eigenvalue weighted by Crippen LogP contribution is -2.02. The Morgan fingerprint density at radius 2 is 2.00 bits per heavy atom. The van der Waals surface area contributed by atoms with Gasteiger partial charge < -0.3 is 9.30 Å². The van der Waals surface area contributed by atoms with Crippen molar-refractivity contribution < 1.29 is 4.74 Å². The molecular weight excluding hydrogens is 260 g/mol. The Morgan fingerprint density at radius 3 is 2.74 bits per heavy atom. The molecule has 0 bridgehead atoms. The average Bonchev–Trinajstić information content (AvgIpc) is 2.90. The maximum absolute atomic E-state index is 6.26. The van der Waals surface area contributed by atoms with E-state index in [0.29, 0.717) is 6.61 Å². The van der Waals surface area contributed by atoms with Gasteiger partial charge in [-0.3, -0.25) is 0 Å². The molecule has 0 aliphatic rings. The summed E-state index contributed by atoms with van der Waals surface area (Å²) in [4.78, 5) is 4.02. The lowest BCUT2D eigenvalue weighted by Gasteiger charge is -2.12. The second-order valence-corrected chi connectivity index (χ2v) is 5.08. The average molecular weight is 279 g/mol. The summed E-state index contributed by atoms with van der Waals surface area (Å²) in [5.74, 6) is 0.823. The highest BCUT2D eigenvalue weighted by Crippen LogP contribution is 2.31. The van der Waals surface area contributed by atoms with E-state index in [1.807, 2.05) is 38.5 Å². The Labute approximate surface area is 119 Å². The molecule has 19 heavy (non-hydrogen) atoms. The van der Waals surface area contributed by atoms with Crippen LogP contribution in [0.15, 0.2) is 30.9 Å². The highest BCUT2D eigenvalue weighted by Gasteiger charge is 2.07. The van der Waals surface area contributed by atoms with Crippen LogP contribution in [0.3, 0.4) is 0 Å². The molecule has 0 saturated heterocycles. The van der Waals surface area contributed by atoms with Crippen LogP contribution >= 0.6 is 11.6 Å². The van der Waals surface area contributed by atoms with Gasteiger partial charge in [0.1, 0.15) is 5.75 Å². The second kappa shape index (κ2) is 6.62. The van der Waals surface area contributed by atoms with Crippen molar-refractivity contribution >= 4 is 11.6 Å². The second-order valence-electron chi connectivity index (χ2n) is 4.70. The molecular formula is C15H19ClN2O. The Hall–Kier alpha value is -1.48. The largest absolute Gasteiger partial charge is 0.492 e. The summed E-state index contributed by atoms with van der Waals surface area (Å²) >= 11 is 6.26.